The number of hydrogen-bond donors (Lipinski definition) is 1. The lowest BCUT2D eigenvalue weighted by Gasteiger charge is -2.16. The molecule has 0 unspecified atom stereocenters. The van der Waals surface area contributed by atoms with E-state index in [4.69, 9.17) is 0 Å². The molecule has 140 valence electrons. The SMILES string of the molecule is CN(Cc1cccc(C(F)(F)F)c1)Cc1cc2n(n1)CCNC2.Cl.Cl. The number of rotatable bonds is 4. The van der Waals surface area contributed by atoms with Gasteiger partial charge in [0.15, 0.2) is 0 Å². The van der Waals surface area contributed by atoms with Crippen molar-refractivity contribution in [3.8, 4) is 0 Å². The summed E-state index contributed by atoms with van der Waals surface area (Å²) in [6.07, 6.45) is -4.30. The first-order valence-corrected chi connectivity index (χ1v) is 7.53. The summed E-state index contributed by atoms with van der Waals surface area (Å²) < 4.78 is 40.2. The van der Waals surface area contributed by atoms with E-state index in [1.54, 1.807) is 6.07 Å². The highest BCUT2D eigenvalue weighted by molar-refractivity contribution is 5.85. The molecule has 2 aromatic rings. The van der Waals surface area contributed by atoms with Crippen molar-refractivity contribution in [1.82, 2.24) is 20.0 Å². The molecule has 1 aliphatic heterocycles. The van der Waals surface area contributed by atoms with Gasteiger partial charge in [-0.2, -0.15) is 18.3 Å². The van der Waals surface area contributed by atoms with E-state index < -0.39 is 11.7 Å². The third kappa shape index (κ3) is 5.60. The molecule has 0 radical (unpaired) electrons. The molecule has 1 aromatic heterocycles. The highest BCUT2D eigenvalue weighted by Gasteiger charge is 2.30. The van der Waals surface area contributed by atoms with Crippen LogP contribution in [0.15, 0.2) is 30.3 Å². The van der Waals surface area contributed by atoms with Gasteiger partial charge < -0.3 is 5.32 Å². The lowest BCUT2D eigenvalue weighted by molar-refractivity contribution is -0.137. The van der Waals surface area contributed by atoms with Gasteiger partial charge in [0.25, 0.3) is 0 Å². The Bertz CT molecular complexity index is 665. The average Bonchev–Trinajstić information content (AvgIpc) is 2.88. The minimum absolute atomic E-state index is 0. The van der Waals surface area contributed by atoms with Gasteiger partial charge in [-0.25, -0.2) is 0 Å². The summed E-state index contributed by atoms with van der Waals surface area (Å²) in [7, 11) is 1.89. The van der Waals surface area contributed by atoms with Crippen LogP contribution in [0.4, 0.5) is 13.2 Å². The molecule has 3 rings (SSSR count). The maximum atomic E-state index is 12.8. The Balaban J connectivity index is 0.00000156. The first-order valence-electron chi connectivity index (χ1n) is 7.53. The number of nitrogens with zero attached hydrogens (tertiary/aromatic N) is 3. The van der Waals surface area contributed by atoms with E-state index in [2.05, 4.69) is 16.5 Å². The summed E-state index contributed by atoms with van der Waals surface area (Å²) in [5, 5.41) is 7.83. The largest absolute Gasteiger partial charge is 0.416 e. The third-order valence-corrected chi connectivity index (χ3v) is 3.86. The van der Waals surface area contributed by atoms with E-state index in [1.165, 1.54) is 12.1 Å². The quantitative estimate of drug-likeness (QED) is 0.858. The Hall–Kier alpha value is -1.28. The average molecular weight is 397 g/mol. The van der Waals surface area contributed by atoms with Crippen molar-refractivity contribution in [3.63, 3.8) is 0 Å². The molecule has 2 heterocycles. The predicted molar refractivity (Wildman–Crippen MR) is 95.0 cm³/mol. The molecule has 9 heteroatoms. The van der Waals surface area contributed by atoms with Gasteiger partial charge in [-0.05, 0) is 24.7 Å². The molecule has 4 nitrogen and oxygen atoms in total. The fourth-order valence-corrected chi connectivity index (χ4v) is 2.82. The summed E-state index contributed by atoms with van der Waals surface area (Å²) in [6.45, 7) is 3.63. The van der Waals surface area contributed by atoms with Crippen LogP contribution in [-0.2, 0) is 32.4 Å². The molecule has 25 heavy (non-hydrogen) atoms. The van der Waals surface area contributed by atoms with E-state index in [0.29, 0.717) is 18.7 Å². The van der Waals surface area contributed by atoms with Gasteiger partial charge in [0.05, 0.1) is 23.5 Å². The normalized spacial score (nSPS) is 13.8. The maximum absolute atomic E-state index is 12.8. The topological polar surface area (TPSA) is 33.1 Å². The molecule has 0 atom stereocenters. The molecule has 0 fully saturated rings. The van der Waals surface area contributed by atoms with Gasteiger partial charge in [-0.3, -0.25) is 9.58 Å². The van der Waals surface area contributed by atoms with Gasteiger partial charge in [0.2, 0.25) is 0 Å². The van der Waals surface area contributed by atoms with E-state index >= 15 is 0 Å². The number of aromatic nitrogens is 2. The maximum Gasteiger partial charge on any atom is 0.416 e. The van der Waals surface area contributed by atoms with Crippen molar-refractivity contribution in [3.05, 3.63) is 52.8 Å². The predicted octanol–water partition coefficient (Wildman–Crippen LogP) is 3.48. The number of benzene rings is 1. The Labute approximate surface area is 157 Å². The number of hydrogen-bond acceptors (Lipinski definition) is 3. The van der Waals surface area contributed by atoms with Crippen LogP contribution in [0, 0.1) is 0 Å². The van der Waals surface area contributed by atoms with Gasteiger partial charge in [-0.15, -0.1) is 24.8 Å². The number of fused-ring (bicyclic) bond motifs is 1. The van der Waals surface area contributed by atoms with Gasteiger partial charge >= 0.3 is 6.18 Å². The molecule has 0 saturated carbocycles. The standard InChI is InChI=1S/C16H19F3N4.2ClH/c1-22(10-12-3-2-4-13(7-12)16(17,18)19)11-14-8-15-9-20-5-6-23(15)21-14;;/h2-4,7-8,20H,5-6,9-11H2,1H3;2*1H. The van der Waals surface area contributed by atoms with E-state index in [0.717, 1.165) is 37.1 Å². The molecule has 1 aromatic carbocycles. The lowest BCUT2D eigenvalue weighted by atomic mass is 10.1. The Morgan fingerprint density at radius 3 is 2.64 bits per heavy atom. The molecule has 0 saturated heterocycles. The second-order valence-corrected chi connectivity index (χ2v) is 5.90. The van der Waals surface area contributed by atoms with Crippen LogP contribution in [0.2, 0.25) is 0 Å². The minimum atomic E-state index is -4.30. The van der Waals surface area contributed by atoms with Crippen molar-refractivity contribution in [2.24, 2.45) is 0 Å². The van der Waals surface area contributed by atoms with Crippen LogP contribution in [0.25, 0.3) is 0 Å². The minimum Gasteiger partial charge on any atom is -0.309 e. The highest BCUT2D eigenvalue weighted by Crippen LogP contribution is 2.29. The second kappa shape index (κ2) is 8.89. The summed E-state index contributed by atoms with van der Waals surface area (Å²) in [6, 6.07) is 7.52. The van der Waals surface area contributed by atoms with Crippen molar-refractivity contribution >= 4 is 24.8 Å². The van der Waals surface area contributed by atoms with Gasteiger partial charge in [0.1, 0.15) is 0 Å². The first kappa shape index (κ1) is 21.8. The molecule has 1 aliphatic rings. The molecular formula is C16H21Cl2F3N4. The number of alkyl halides is 3. The van der Waals surface area contributed by atoms with E-state index in [1.807, 2.05) is 16.6 Å². The lowest BCUT2D eigenvalue weighted by Crippen LogP contribution is -2.28. The van der Waals surface area contributed by atoms with Crippen LogP contribution in [0.3, 0.4) is 0 Å². The molecule has 1 N–H and O–H groups in total. The van der Waals surface area contributed by atoms with Gasteiger partial charge in [0, 0.05) is 26.2 Å². The highest BCUT2D eigenvalue weighted by atomic mass is 35.5. The summed E-state index contributed by atoms with van der Waals surface area (Å²) in [5.41, 5.74) is 2.14. The smallest absolute Gasteiger partial charge is 0.309 e. The van der Waals surface area contributed by atoms with Crippen molar-refractivity contribution in [1.29, 1.82) is 0 Å². The van der Waals surface area contributed by atoms with E-state index in [-0.39, 0.29) is 24.8 Å². The monoisotopic (exact) mass is 396 g/mol. The molecule has 0 bridgehead atoms. The Kier molecular flexibility index (Phi) is 7.74. The molecular weight excluding hydrogens is 376 g/mol. The zero-order valence-corrected chi connectivity index (χ0v) is 15.3. The summed E-state index contributed by atoms with van der Waals surface area (Å²) >= 11 is 0. The second-order valence-electron chi connectivity index (χ2n) is 5.90. The molecule has 0 spiro atoms. The fraction of sp³-hybridized carbons (Fsp3) is 0.438. The Morgan fingerprint density at radius 1 is 1.20 bits per heavy atom. The van der Waals surface area contributed by atoms with E-state index in [9.17, 15) is 13.2 Å². The van der Waals surface area contributed by atoms with Crippen LogP contribution in [0.1, 0.15) is 22.5 Å². The summed E-state index contributed by atoms with van der Waals surface area (Å²) in [5.74, 6) is 0. The van der Waals surface area contributed by atoms with Crippen LogP contribution >= 0.6 is 24.8 Å². The number of nitrogens with one attached hydrogen (secondary N) is 1. The van der Waals surface area contributed by atoms with Gasteiger partial charge in [-0.1, -0.05) is 18.2 Å². The summed E-state index contributed by atoms with van der Waals surface area (Å²) in [4.78, 5) is 1.97. The zero-order valence-electron chi connectivity index (χ0n) is 13.7. The van der Waals surface area contributed by atoms with Crippen molar-refractivity contribution in [2.75, 3.05) is 13.6 Å². The molecule has 0 aliphatic carbocycles. The van der Waals surface area contributed by atoms with Crippen molar-refractivity contribution in [2.45, 2.75) is 32.4 Å². The van der Waals surface area contributed by atoms with Crippen molar-refractivity contribution < 1.29 is 13.2 Å². The van der Waals surface area contributed by atoms with Crippen LogP contribution in [0.5, 0.6) is 0 Å². The van der Waals surface area contributed by atoms with Crippen LogP contribution < -0.4 is 5.32 Å². The number of halogens is 5. The Morgan fingerprint density at radius 2 is 1.96 bits per heavy atom. The van der Waals surface area contributed by atoms with Crippen LogP contribution in [-0.4, -0.2) is 28.3 Å². The zero-order chi connectivity index (χ0) is 16.4. The fourth-order valence-electron chi connectivity index (χ4n) is 2.82. The third-order valence-electron chi connectivity index (χ3n) is 3.86. The first-order chi connectivity index (χ1) is 10.9. The molecule has 0 amide bonds.